The summed E-state index contributed by atoms with van der Waals surface area (Å²) in [5, 5.41) is 14.9. The maximum absolute atomic E-state index is 11.6. The number of benzene rings is 1. The molecule has 0 aliphatic carbocycles. The lowest BCUT2D eigenvalue weighted by atomic mass is 10.1. The number of amides is 1. The number of nitrogens with one attached hydrogen (secondary N) is 2. The van der Waals surface area contributed by atoms with Crippen LogP contribution in [0.5, 0.6) is 0 Å². The van der Waals surface area contributed by atoms with Gasteiger partial charge in [0.05, 0.1) is 0 Å². The fourth-order valence-electron chi connectivity index (χ4n) is 1.85. The highest BCUT2D eigenvalue weighted by Gasteiger charge is 2.22. The summed E-state index contributed by atoms with van der Waals surface area (Å²) < 4.78 is 5.13. The van der Waals surface area contributed by atoms with Crippen molar-refractivity contribution in [3.63, 3.8) is 0 Å². The van der Waals surface area contributed by atoms with E-state index in [1.165, 1.54) is 0 Å². The lowest BCUT2D eigenvalue weighted by molar-refractivity contribution is -0.139. The van der Waals surface area contributed by atoms with Gasteiger partial charge in [-0.05, 0) is 33.3 Å². The molecule has 6 heteroatoms. The van der Waals surface area contributed by atoms with Gasteiger partial charge in [-0.3, -0.25) is 10.1 Å². The van der Waals surface area contributed by atoms with Gasteiger partial charge in [0.1, 0.15) is 11.6 Å². The van der Waals surface area contributed by atoms with Gasteiger partial charge < -0.3 is 15.2 Å². The Morgan fingerprint density at radius 3 is 2.32 bits per heavy atom. The van der Waals surface area contributed by atoms with Gasteiger partial charge in [0.25, 0.3) is 0 Å². The van der Waals surface area contributed by atoms with E-state index in [0.29, 0.717) is 5.56 Å². The minimum Gasteiger partial charge on any atom is -0.480 e. The highest BCUT2D eigenvalue weighted by atomic mass is 16.6. The molecule has 0 aromatic heterocycles. The molecule has 0 saturated carbocycles. The number of carbonyl (C=O) groups excluding carboxylic acids is 1. The fraction of sp³-hybridized carbons (Fsp3) is 0.500. The number of alkyl carbamates (subject to hydrolysis) is 1. The summed E-state index contributed by atoms with van der Waals surface area (Å²) in [7, 11) is 0. The van der Waals surface area contributed by atoms with Gasteiger partial charge in [-0.25, -0.2) is 4.79 Å². The van der Waals surface area contributed by atoms with Crippen molar-refractivity contribution in [2.45, 2.75) is 45.4 Å². The number of aliphatic carboxylic acids is 1. The quantitative estimate of drug-likeness (QED) is 0.750. The van der Waals surface area contributed by atoms with Crippen LogP contribution in [0.3, 0.4) is 0 Å². The van der Waals surface area contributed by atoms with Crippen LogP contribution in [0.1, 0.15) is 39.3 Å². The number of rotatable bonds is 6. The van der Waals surface area contributed by atoms with E-state index >= 15 is 0 Å². The predicted octanol–water partition coefficient (Wildman–Crippen LogP) is 2.32. The predicted molar refractivity (Wildman–Crippen MR) is 83.7 cm³/mol. The maximum atomic E-state index is 11.6. The molecule has 0 spiro atoms. The van der Waals surface area contributed by atoms with Gasteiger partial charge in [-0.2, -0.15) is 0 Å². The fourth-order valence-corrected chi connectivity index (χ4v) is 1.85. The van der Waals surface area contributed by atoms with E-state index in [-0.39, 0.29) is 12.6 Å². The molecule has 122 valence electrons. The Balaban J connectivity index is 2.53. The molecule has 2 atom stereocenters. The second-order valence-corrected chi connectivity index (χ2v) is 6.13. The monoisotopic (exact) mass is 308 g/mol. The van der Waals surface area contributed by atoms with Crippen LogP contribution < -0.4 is 10.6 Å². The SMILES string of the molecule is CC(CNC(=O)OC(C)(C)C)NC(C(=O)O)c1ccccc1. The molecule has 0 saturated heterocycles. The van der Waals surface area contributed by atoms with Crippen LogP contribution in [0, 0.1) is 0 Å². The Morgan fingerprint density at radius 2 is 1.82 bits per heavy atom. The molecule has 1 aromatic carbocycles. The van der Waals surface area contributed by atoms with E-state index in [9.17, 15) is 14.7 Å². The van der Waals surface area contributed by atoms with Crippen LogP contribution in [0.4, 0.5) is 4.79 Å². The molecule has 2 unspecified atom stereocenters. The molecule has 22 heavy (non-hydrogen) atoms. The maximum Gasteiger partial charge on any atom is 0.407 e. The zero-order valence-corrected chi connectivity index (χ0v) is 13.4. The van der Waals surface area contributed by atoms with E-state index in [1.54, 1.807) is 52.0 Å². The molecule has 1 amide bonds. The normalized spacial score (nSPS) is 14.0. The highest BCUT2D eigenvalue weighted by Crippen LogP contribution is 2.13. The number of carbonyl (C=O) groups is 2. The van der Waals surface area contributed by atoms with Crippen molar-refractivity contribution in [1.82, 2.24) is 10.6 Å². The smallest absolute Gasteiger partial charge is 0.407 e. The van der Waals surface area contributed by atoms with Gasteiger partial charge in [-0.1, -0.05) is 30.3 Å². The number of ether oxygens (including phenoxy) is 1. The lowest BCUT2D eigenvalue weighted by Gasteiger charge is -2.23. The molecule has 0 aliphatic heterocycles. The standard InChI is InChI=1S/C16H24N2O4/c1-11(10-17-15(21)22-16(2,3)4)18-13(14(19)20)12-8-6-5-7-9-12/h5-9,11,13,18H,10H2,1-4H3,(H,17,21)(H,19,20). The molecule has 0 heterocycles. The molecule has 1 aromatic rings. The lowest BCUT2D eigenvalue weighted by Crippen LogP contribution is -2.44. The van der Waals surface area contributed by atoms with Gasteiger partial charge >= 0.3 is 12.1 Å². The summed E-state index contributed by atoms with van der Waals surface area (Å²) in [6, 6.07) is 7.85. The highest BCUT2D eigenvalue weighted by molar-refractivity contribution is 5.75. The minimum absolute atomic E-state index is 0.228. The topological polar surface area (TPSA) is 87.7 Å². The van der Waals surface area contributed by atoms with E-state index in [2.05, 4.69) is 10.6 Å². The van der Waals surface area contributed by atoms with Crippen molar-refractivity contribution in [2.75, 3.05) is 6.54 Å². The van der Waals surface area contributed by atoms with Crippen LogP contribution in [0.15, 0.2) is 30.3 Å². The van der Waals surface area contributed by atoms with Crippen molar-refractivity contribution < 1.29 is 19.4 Å². The first-order chi connectivity index (χ1) is 10.2. The van der Waals surface area contributed by atoms with Gasteiger partial charge in [0.2, 0.25) is 0 Å². The Hall–Kier alpha value is -2.08. The average Bonchev–Trinajstić information content (AvgIpc) is 2.41. The largest absolute Gasteiger partial charge is 0.480 e. The summed E-state index contributed by atoms with van der Waals surface area (Å²) in [5.74, 6) is -0.963. The molecule has 3 N–H and O–H groups in total. The molecule has 0 fully saturated rings. The van der Waals surface area contributed by atoms with Gasteiger partial charge in [0, 0.05) is 12.6 Å². The second kappa shape index (κ2) is 7.79. The van der Waals surface area contributed by atoms with Crippen molar-refractivity contribution in [3.05, 3.63) is 35.9 Å². The van der Waals surface area contributed by atoms with Crippen LogP contribution in [-0.4, -0.2) is 35.4 Å². The summed E-state index contributed by atoms with van der Waals surface area (Å²) in [6.45, 7) is 7.42. The van der Waals surface area contributed by atoms with Crippen molar-refractivity contribution in [2.24, 2.45) is 0 Å². The Kier molecular flexibility index (Phi) is 6.37. The minimum atomic E-state index is -0.963. The molecule has 6 nitrogen and oxygen atoms in total. The van der Waals surface area contributed by atoms with E-state index in [1.807, 2.05) is 6.07 Å². The number of carboxylic acid groups (broad SMARTS) is 1. The van der Waals surface area contributed by atoms with E-state index < -0.39 is 23.7 Å². The first-order valence-corrected chi connectivity index (χ1v) is 7.19. The summed E-state index contributed by atoms with van der Waals surface area (Å²) in [5.41, 5.74) is 0.105. The zero-order valence-electron chi connectivity index (χ0n) is 13.4. The molecular weight excluding hydrogens is 284 g/mol. The van der Waals surface area contributed by atoms with E-state index in [4.69, 9.17) is 4.74 Å². The third-order valence-corrected chi connectivity index (χ3v) is 2.78. The van der Waals surface area contributed by atoms with Crippen molar-refractivity contribution in [1.29, 1.82) is 0 Å². The summed E-state index contributed by atoms with van der Waals surface area (Å²) in [4.78, 5) is 23.0. The second-order valence-electron chi connectivity index (χ2n) is 6.13. The van der Waals surface area contributed by atoms with Crippen LogP contribution in [0.2, 0.25) is 0 Å². The number of carboxylic acids is 1. The zero-order chi connectivity index (χ0) is 16.8. The third kappa shape index (κ3) is 6.58. The third-order valence-electron chi connectivity index (χ3n) is 2.78. The molecule has 1 rings (SSSR count). The molecule has 0 aliphatic rings. The molecule has 0 bridgehead atoms. The summed E-state index contributed by atoms with van der Waals surface area (Å²) >= 11 is 0. The first kappa shape index (κ1) is 18.0. The molecular formula is C16H24N2O4. The Bertz CT molecular complexity index is 497. The number of hydrogen-bond donors (Lipinski definition) is 3. The Labute approximate surface area is 130 Å². The van der Waals surface area contributed by atoms with Crippen molar-refractivity contribution in [3.8, 4) is 0 Å². The van der Waals surface area contributed by atoms with Crippen LogP contribution in [-0.2, 0) is 9.53 Å². The van der Waals surface area contributed by atoms with E-state index in [0.717, 1.165) is 0 Å². The molecule has 0 radical (unpaired) electrons. The van der Waals surface area contributed by atoms with Crippen molar-refractivity contribution >= 4 is 12.1 Å². The number of hydrogen-bond acceptors (Lipinski definition) is 4. The van der Waals surface area contributed by atoms with Crippen LogP contribution >= 0.6 is 0 Å². The van der Waals surface area contributed by atoms with Gasteiger partial charge in [0.15, 0.2) is 0 Å². The van der Waals surface area contributed by atoms with Gasteiger partial charge in [-0.15, -0.1) is 0 Å². The Morgan fingerprint density at radius 1 is 1.23 bits per heavy atom. The average molecular weight is 308 g/mol. The van der Waals surface area contributed by atoms with Crippen LogP contribution in [0.25, 0.3) is 0 Å². The first-order valence-electron chi connectivity index (χ1n) is 7.19. The summed E-state index contributed by atoms with van der Waals surface area (Å²) in [6.07, 6.45) is -0.521.